The zero-order chi connectivity index (χ0) is 27.0. The molecule has 38 heavy (non-hydrogen) atoms. The maximum atomic E-state index is 15.3. The predicted octanol–water partition coefficient (Wildman–Crippen LogP) is 3.94. The highest BCUT2D eigenvalue weighted by molar-refractivity contribution is 5.90. The molecule has 4 aromatic rings. The van der Waals surface area contributed by atoms with Gasteiger partial charge in [0, 0.05) is 26.7 Å². The van der Waals surface area contributed by atoms with Gasteiger partial charge in [-0.3, -0.25) is 4.90 Å². The Hall–Kier alpha value is -3.45. The quantitative estimate of drug-likeness (QED) is 0.325. The van der Waals surface area contributed by atoms with Gasteiger partial charge in [-0.15, -0.1) is 5.10 Å². The molecule has 9 nitrogen and oxygen atoms in total. The molecule has 1 N–H and O–H groups in total. The maximum Gasteiger partial charge on any atom is 0.256 e. The molecule has 0 amide bonds. The Kier molecular flexibility index (Phi) is 7.39. The first-order chi connectivity index (χ1) is 18.3. The lowest BCUT2D eigenvalue weighted by Crippen LogP contribution is -2.48. The standard InChI is InChI=1S/C25H29F4N7O2/c1-14-30-19-5-4-15(10-20(19)35(14)13-21(28)29)22-17(27)12-36-23(22)24(38-3)32-25(33-36)31-18-6-7-34(8-9-37-2)11-16(18)26/h4-5,10,12,16,18,21H,6-9,11,13H2,1-3H3,(H,31,33)/t16-,18-/m0/s1. The number of methoxy groups -OCH3 is 2. The average Bonchev–Trinajstić information content (AvgIpc) is 3.38. The summed E-state index contributed by atoms with van der Waals surface area (Å²) in [5.41, 5.74) is 1.84. The number of likely N-dealkylation sites (tertiary alicyclic amines) is 1. The van der Waals surface area contributed by atoms with E-state index >= 15 is 4.39 Å². The molecule has 0 aliphatic carbocycles. The van der Waals surface area contributed by atoms with Gasteiger partial charge in [0.15, 0.2) is 5.82 Å². The van der Waals surface area contributed by atoms with Crippen molar-refractivity contribution in [3.63, 3.8) is 0 Å². The van der Waals surface area contributed by atoms with E-state index < -0.39 is 31.0 Å². The number of hydrogen-bond acceptors (Lipinski definition) is 7. The van der Waals surface area contributed by atoms with Crippen LogP contribution in [0.1, 0.15) is 12.2 Å². The third-order valence-corrected chi connectivity index (χ3v) is 6.85. The van der Waals surface area contributed by atoms with E-state index in [0.717, 1.165) is 0 Å². The van der Waals surface area contributed by atoms with Crippen molar-refractivity contribution >= 4 is 22.5 Å². The van der Waals surface area contributed by atoms with Gasteiger partial charge in [-0.25, -0.2) is 27.1 Å². The summed E-state index contributed by atoms with van der Waals surface area (Å²) < 4.78 is 69.8. The van der Waals surface area contributed by atoms with Gasteiger partial charge in [0.2, 0.25) is 11.8 Å². The Balaban J connectivity index is 1.48. The molecular formula is C25H29F4N7O2. The lowest BCUT2D eigenvalue weighted by Gasteiger charge is -2.34. The van der Waals surface area contributed by atoms with Crippen molar-refractivity contribution in [1.82, 2.24) is 29.0 Å². The second-order valence-corrected chi connectivity index (χ2v) is 9.30. The fourth-order valence-electron chi connectivity index (χ4n) is 4.99. The predicted molar refractivity (Wildman–Crippen MR) is 134 cm³/mol. The maximum absolute atomic E-state index is 15.3. The summed E-state index contributed by atoms with van der Waals surface area (Å²) in [6.45, 7) is 3.25. The van der Waals surface area contributed by atoms with Gasteiger partial charge in [-0.2, -0.15) is 4.98 Å². The number of piperidine rings is 1. The number of imidazole rings is 1. The van der Waals surface area contributed by atoms with Crippen LogP contribution in [0.4, 0.5) is 23.5 Å². The van der Waals surface area contributed by atoms with Gasteiger partial charge < -0.3 is 19.4 Å². The number of hydrogen-bond donors (Lipinski definition) is 1. The van der Waals surface area contributed by atoms with Gasteiger partial charge in [0.25, 0.3) is 6.43 Å². The molecule has 1 aliphatic heterocycles. The van der Waals surface area contributed by atoms with Crippen LogP contribution in [0.2, 0.25) is 0 Å². The number of aromatic nitrogens is 5. The lowest BCUT2D eigenvalue weighted by molar-refractivity contribution is 0.0918. The minimum atomic E-state index is -2.57. The number of anilines is 1. The number of ether oxygens (including phenoxy) is 2. The molecule has 4 heterocycles. The normalized spacial score (nSPS) is 18.6. The molecule has 0 radical (unpaired) electrons. The first kappa shape index (κ1) is 26.2. The summed E-state index contributed by atoms with van der Waals surface area (Å²) in [6, 6.07) is 4.42. The molecule has 204 valence electrons. The molecule has 13 heteroatoms. The lowest BCUT2D eigenvalue weighted by atomic mass is 10.0. The number of halogens is 4. The van der Waals surface area contributed by atoms with Crippen molar-refractivity contribution < 1.29 is 27.0 Å². The van der Waals surface area contributed by atoms with Gasteiger partial charge in [0.1, 0.15) is 17.5 Å². The summed E-state index contributed by atoms with van der Waals surface area (Å²) in [7, 11) is 3.01. The van der Waals surface area contributed by atoms with E-state index in [2.05, 4.69) is 20.4 Å². The van der Waals surface area contributed by atoms with Crippen molar-refractivity contribution in [3.05, 3.63) is 36.0 Å². The molecule has 1 aromatic carbocycles. The van der Waals surface area contributed by atoms with Crippen LogP contribution >= 0.6 is 0 Å². The number of nitrogens with one attached hydrogen (secondary N) is 1. The summed E-state index contributed by atoms with van der Waals surface area (Å²) in [5, 5.41) is 7.40. The van der Waals surface area contributed by atoms with Gasteiger partial charge in [-0.1, -0.05) is 6.07 Å². The third-order valence-electron chi connectivity index (χ3n) is 6.85. The summed E-state index contributed by atoms with van der Waals surface area (Å²) >= 11 is 0. The van der Waals surface area contributed by atoms with Crippen LogP contribution < -0.4 is 10.1 Å². The van der Waals surface area contributed by atoms with E-state index in [1.807, 2.05) is 4.90 Å². The van der Waals surface area contributed by atoms with E-state index in [-0.39, 0.29) is 29.5 Å². The van der Waals surface area contributed by atoms with Crippen molar-refractivity contribution in [1.29, 1.82) is 0 Å². The van der Waals surface area contributed by atoms with E-state index in [9.17, 15) is 13.2 Å². The molecule has 1 saturated heterocycles. The van der Waals surface area contributed by atoms with Gasteiger partial charge >= 0.3 is 0 Å². The number of fused-ring (bicyclic) bond motifs is 2. The van der Waals surface area contributed by atoms with Crippen molar-refractivity contribution in [3.8, 4) is 17.0 Å². The van der Waals surface area contributed by atoms with Crippen LogP contribution in [-0.4, -0.2) is 88.1 Å². The summed E-state index contributed by atoms with van der Waals surface area (Å²) in [5.74, 6) is 0.0363. The Morgan fingerprint density at radius 1 is 1.21 bits per heavy atom. The van der Waals surface area contributed by atoms with Crippen LogP contribution in [0, 0.1) is 12.7 Å². The van der Waals surface area contributed by atoms with E-state index in [0.29, 0.717) is 48.5 Å². The Bertz CT molecular complexity index is 1440. The van der Waals surface area contributed by atoms with Crippen LogP contribution in [0.3, 0.4) is 0 Å². The van der Waals surface area contributed by atoms with Crippen LogP contribution in [0.25, 0.3) is 27.7 Å². The molecule has 2 atom stereocenters. The van der Waals surface area contributed by atoms with Crippen molar-refractivity contribution in [2.45, 2.75) is 38.5 Å². The number of aryl methyl sites for hydroxylation is 1. The fraction of sp³-hybridized carbons (Fsp3) is 0.480. The van der Waals surface area contributed by atoms with Crippen LogP contribution in [0.15, 0.2) is 24.4 Å². The van der Waals surface area contributed by atoms with E-state index in [1.165, 1.54) is 22.4 Å². The molecule has 0 saturated carbocycles. The molecule has 5 rings (SSSR count). The second-order valence-electron chi connectivity index (χ2n) is 9.30. The smallest absolute Gasteiger partial charge is 0.256 e. The van der Waals surface area contributed by atoms with Gasteiger partial charge in [0.05, 0.1) is 49.1 Å². The van der Waals surface area contributed by atoms with Gasteiger partial charge in [-0.05, 0) is 31.0 Å². The summed E-state index contributed by atoms with van der Waals surface area (Å²) in [6.07, 6.45) is -2.00. The first-order valence-electron chi connectivity index (χ1n) is 12.3. The second kappa shape index (κ2) is 10.7. The van der Waals surface area contributed by atoms with Crippen LogP contribution in [0.5, 0.6) is 5.88 Å². The number of rotatable bonds is 9. The minimum Gasteiger partial charge on any atom is -0.479 e. The Labute approximate surface area is 216 Å². The third kappa shape index (κ3) is 4.99. The SMILES string of the molecule is COCCN1CC[C@H](Nc2nc(OC)c3c(-c4ccc5nc(C)n(CC(F)F)c5c4)c(F)cn3n2)[C@@H](F)C1. The summed E-state index contributed by atoms with van der Waals surface area (Å²) in [4.78, 5) is 10.7. The monoisotopic (exact) mass is 535 g/mol. The van der Waals surface area contributed by atoms with Crippen LogP contribution in [-0.2, 0) is 11.3 Å². The zero-order valence-electron chi connectivity index (χ0n) is 21.3. The minimum absolute atomic E-state index is 0.0895. The number of benzene rings is 1. The average molecular weight is 536 g/mol. The highest BCUT2D eigenvalue weighted by Crippen LogP contribution is 2.36. The van der Waals surface area contributed by atoms with E-state index in [1.54, 1.807) is 32.2 Å². The molecule has 0 bridgehead atoms. The molecule has 0 unspecified atom stereocenters. The molecule has 1 fully saturated rings. The number of nitrogens with zero attached hydrogens (tertiary/aromatic N) is 6. The number of alkyl halides is 3. The Morgan fingerprint density at radius 3 is 2.74 bits per heavy atom. The fourth-order valence-corrected chi connectivity index (χ4v) is 4.99. The molecule has 3 aromatic heterocycles. The molecule has 1 aliphatic rings. The zero-order valence-corrected chi connectivity index (χ0v) is 21.3. The van der Waals surface area contributed by atoms with Crippen molar-refractivity contribution in [2.24, 2.45) is 0 Å². The largest absolute Gasteiger partial charge is 0.479 e. The topological polar surface area (TPSA) is 81.7 Å². The first-order valence-corrected chi connectivity index (χ1v) is 12.3. The highest BCUT2D eigenvalue weighted by Gasteiger charge is 2.30. The molecular weight excluding hydrogens is 506 g/mol. The Morgan fingerprint density at radius 2 is 2.03 bits per heavy atom. The van der Waals surface area contributed by atoms with E-state index in [4.69, 9.17) is 9.47 Å². The van der Waals surface area contributed by atoms with Crippen molar-refractivity contribution in [2.75, 3.05) is 45.8 Å². The highest BCUT2D eigenvalue weighted by atomic mass is 19.3. The molecule has 0 spiro atoms.